The van der Waals surface area contributed by atoms with Gasteiger partial charge in [-0.05, 0) is 49.2 Å². The van der Waals surface area contributed by atoms with Gasteiger partial charge in [-0.15, -0.1) is 0 Å². The molecular weight excluding hydrogens is 253 g/mol. The van der Waals surface area contributed by atoms with Crippen molar-refractivity contribution >= 4 is 0 Å². The van der Waals surface area contributed by atoms with Crippen LogP contribution in [0.15, 0.2) is 48.5 Å². The summed E-state index contributed by atoms with van der Waals surface area (Å²) in [6.07, 6.45) is 0.682. The second kappa shape index (κ2) is 7.06. The summed E-state index contributed by atoms with van der Waals surface area (Å²) in [6, 6.07) is 15.1. The molecule has 1 N–H and O–H groups in total. The summed E-state index contributed by atoms with van der Waals surface area (Å²) in [6.45, 7) is 2.83. The fourth-order valence-corrected chi connectivity index (χ4v) is 2.15. The molecule has 106 valence electrons. The molecule has 3 heteroatoms. The first-order chi connectivity index (χ1) is 9.70. The molecular formula is C17H20FNO. The van der Waals surface area contributed by atoms with Crippen LogP contribution < -0.4 is 10.1 Å². The number of nitrogens with one attached hydrogen (secondary N) is 1. The zero-order valence-corrected chi connectivity index (χ0v) is 11.9. The summed E-state index contributed by atoms with van der Waals surface area (Å²) < 4.78 is 18.7. The van der Waals surface area contributed by atoms with Crippen molar-refractivity contribution in [1.82, 2.24) is 5.32 Å². The van der Waals surface area contributed by atoms with Crippen LogP contribution in [-0.4, -0.2) is 13.7 Å². The van der Waals surface area contributed by atoms with Gasteiger partial charge in [0.15, 0.2) is 0 Å². The van der Waals surface area contributed by atoms with Gasteiger partial charge in [0, 0.05) is 6.04 Å². The zero-order valence-electron chi connectivity index (χ0n) is 11.9. The molecule has 0 fully saturated rings. The molecule has 20 heavy (non-hydrogen) atoms. The van der Waals surface area contributed by atoms with E-state index in [1.807, 2.05) is 30.3 Å². The maximum atomic E-state index is 13.5. The first kappa shape index (κ1) is 14.5. The lowest BCUT2D eigenvalue weighted by Crippen LogP contribution is -2.21. The average Bonchev–Trinajstić information content (AvgIpc) is 2.49. The maximum Gasteiger partial charge on any atom is 0.126 e. The van der Waals surface area contributed by atoms with Gasteiger partial charge in [0.1, 0.15) is 11.6 Å². The highest BCUT2D eigenvalue weighted by Crippen LogP contribution is 2.18. The summed E-state index contributed by atoms with van der Waals surface area (Å²) in [5.74, 6) is 0.716. The monoisotopic (exact) mass is 273 g/mol. The van der Waals surface area contributed by atoms with E-state index in [1.165, 1.54) is 6.07 Å². The van der Waals surface area contributed by atoms with Crippen molar-refractivity contribution in [1.29, 1.82) is 0 Å². The molecule has 0 unspecified atom stereocenters. The van der Waals surface area contributed by atoms with Crippen molar-refractivity contribution < 1.29 is 9.13 Å². The molecule has 0 spiro atoms. The molecule has 2 nitrogen and oxygen atoms in total. The third-order valence-corrected chi connectivity index (χ3v) is 3.40. The van der Waals surface area contributed by atoms with Crippen LogP contribution >= 0.6 is 0 Å². The summed E-state index contributed by atoms with van der Waals surface area (Å²) in [7, 11) is 1.66. The van der Waals surface area contributed by atoms with Crippen molar-refractivity contribution in [2.24, 2.45) is 0 Å². The van der Waals surface area contributed by atoms with Gasteiger partial charge in [0.2, 0.25) is 0 Å². The molecule has 0 aliphatic rings. The van der Waals surface area contributed by atoms with E-state index in [2.05, 4.69) is 18.3 Å². The zero-order chi connectivity index (χ0) is 14.4. The van der Waals surface area contributed by atoms with E-state index >= 15 is 0 Å². The minimum absolute atomic E-state index is 0.136. The normalized spacial score (nSPS) is 12.2. The Kier molecular flexibility index (Phi) is 5.13. The number of halogens is 1. The van der Waals surface area contributed by atoms with Gasteiger partial charge in [0.25, 0.3) is 0 Å². The van der Waals surface area contributed by atoms with E-state index in [0.29, 0.717) is 6.42 Å². The smallest absolute Gasteiger partial charge is 0.126 e. The number of hydrogen-bond donors (Lipinski definition) is 1. The third kappa shape index (κ3) is 3.81. The van der Waals surface area contributed by atoms with Gasteiger partial charge in [-0.3, -0.25) is 0 Å². The van der Waals surface area contributed by atoms with Gasteiger partial charge >= 0.3 is 0 Å². The lowest BCUT2D eigenvalue weighted by molar-refractivity contribution is 0.413. The Morgan fingerprint density at radius 2 is 1.95 bits per heavy atom. The highest BCUT2D eigenvalue weighted by Gasteiger charge is 2.06. The van der Waals surface area contributed by atoms with Crippen molar-refractivity contribution in [3.63, 3.8) is 0 Å². The lowest BCUT2D eigenvalue weighted by Gasteiger charge is -2.15. The van der Waals surface area contributed by atoms with Crippen molar-refractivity contribution in [3.05, 3.63) is 65.5 Å². The molecule has 0 aliphatic heterocycles. The fraction of sp³-hybridized carbons (Fsp3) is 0.294. The van der Waals surface area contributed by atoms with Crippen LogP contribution in [0.3, 0.4) is 0 Å². The fourth-order valence-electron chi connectivity index (χ4n) is 2.15. The van der Waals surface area contributed by atoms with Gasteiger partial charge in [-0.1, -0.05) is 30.3 Å². The molecule has 0 heterocycles. The molecule has 2 rings (SSSR count). The molecule has 0 saturated carbocycles. The standard InChI is InChI=1S/C17H20FNO/c1-13(15-7-5-8-16(12-15)20-2)19-11-10-14-6-3-4-9-17(14)18/h3-9,12-13,19H,10-11H2,1-2H3/t13-/m0/s1. The second-order valence-electron chi connectivity index (χ2n) is 4.79. The number of methoxy groups -OCH3 is 1. The largest absolute Gasteiger partial charge is 0.497 e. The lowest BCUT2D eigenvalue weighted by atomic mass is 10.1. The van der Waals surface area contributed by atoms with E-state index in [4.69, 9.17) is 4.74 Å². The van der Waals surface area contributed by atoms with Gasteiger partial charge in [-0.25, -0.2) is 4.39 Å². The third-order valence-electron chi connectivity index (χ3n) is 3.40. The molecule has 0 saturated heterocycles. The molecule has 0 amide bonds. The van der Waals surface area contributed by atoms with E-state index in [9.17, 15) is 4.39 Å². The van der Waals surface area contributed by atoms with Crippen molar-refractivity contribution in [2.75, 3.05) is 13.7 Å². The van der Waals surface area contributed by atoms with Crippen LogP contribution in [0.4, 0.5) is 4.39 Å². The van der Waals surface area contributed by atoms with Crippen LogP contribution in [-0.2, 0) is 6.42 Å². The van der Waals surface area contributed by atoms with E-state index in [-0.39, 0.29) is 11.9 Å². The predicted octanol–water partition coefficient (Wildman–Crippen LogP) is 3.73. The van der Waals surface area contributed by atoms with Crippen molar-refractivity contribution in [3.8, 4) is 5.75 Å². The number of hydrogen-bond acceptors (Lipinski definition) is 2. The Labute approximate surface area is 119 Å². The van der Waals surface area contributed by atoms with Crippen LogP contribution in [0.5, 0.6) is 5.75 Å². The second-order valence-corrected chi connectivity index (χ2v) is 4.79. The summed E-state index contributed by atoms with van der Waals surface area (Å²) in [4.78, 5) is 0. The first-order valence-electron chi connectivity index (χ1n) is 6.81. The van der Waals surface area contributed by atoms with E-state index in [0.717, 1.165) is 23.4 Å². The number of rotatable bonds is 6. The molecule has 2 aromatic carbocycles. The first-order valence-corrected chi connectivity index (χ1v) is 6.81. The maximum absolute atomic E-state index is 13.5. The SMILES string of the molecule is COc1cccc([C@H](C)NCCc2ccccc2F)c1. The Hall–Kier alpha value is -1.87. The van der Waals surface area contributed by atoms with Crippen molar-refractivity contribution in [2.45, 2.75) is 19.4 Å². The minimum atomic E-state index is -0.136. The Morgan fingerprint density at radius 1 is 1.15 bits per heavy atom. The summed E-state index contributed by atoms with van der Waals surface area (Å²) in [5, 5.41) is 3.40. The Balaban J connectivity index is 1.89. The van der Waals surface area contributed by atoms with Crippen LogP contribution in [0.1, 0.15) is 24.1 Å². The molecule has 0 bridgehead atoms. The molecule has 0 aliphatic carbocycles. The van der Waals surface area contributed by atoms with Crippen LogP contribution in [0.25, 0.3) is 0 Å². The highest BCUT2D eigenvalue weighted by atomic mass is 19.1. The van der Waals surface area contributed by atoms with Gasteiger partial charge in [0.05, 0.1) is 7.11 Å². The molecule has 0 aromatic heterocycles. The topological polar surface area (TPSA) is 21.3 Å². The quantitative estimate of drug-likeness (QED) is 0.866. The predicted molar refractivity (Wildman–Crippen MR) is 79.5 cm³/mol. The highest BCUT2D eigenvalue weighted by molar-refractivity contribution is 5.30. The van der Waals surface area contributed by atoms with Gasteiger partial charge in [-0.2, -0.15) is 0 Å². The molecule has 0 radical (unpaired) electrons. The average molecular weight is 273 g/mol. The van der Waals surface area contributed by atoms with Crippen LogP contribution in [0, 0.1) is 5.82 Å². The molecule has 2 aromatic rings. The van der Waals surface area contributed by atoms with E-state index in [1.54, 1.807) is 13.2 Å². The van der Waals surface area contributed by atoms with Gasteiger partial charge < -0.3 is 10.1 Å². The van der Waals surface area contributed by atoms with Crippen LogP contribution in [0.2, 0.25) is 0 Å². The Bertz CT molecular complexity index is 556. The summed E-state index contributed by atoms with van der Waals surface area (Å²) in [5.41, 5.74) is 1.91. The minimum Gasteiger partial charge on any atom is -0.497 e. The Morgan fingerprint density at radius 3 is 2.70 bits per heavy atom. The number of ether oxygens (including phenoxy) is 1. The molecule has 1 atom stereocenters. The number of benzene rings is 2. The summed E-state index contributed by atoms with van der Waals surface area (Å²) >= 11 is 0. The van der Waals surface area contributed by atoms with E-state index < -0.39 is 0 Å².